The van der Waals surface area contributed by atoms with Gasteiger partial charge >= 0.3 is 5.97 Å². The Bertz CT molecular complexity index is 359. The minimum atomic E-state index is -0.994. The predicted octanol–water partition coefficient (Wildman–Crippen LogP) is 0.304. The van der Waals surface area contributed by atoms with E-state index >= 15 is 0 Å². The van der Waals surface area contributed by atoms with Crippen LogP contribution in [0.5, 0.6) is 0 Å². The average molecular weight is 195 g/mol. The van der Waals surface area contributed by atoms with Crippen molar-refractivity contribution in [3.63, 3.8) is 0 Å². The fourth-order valence-electron chi connectivity index (χ4n) is 1.84. The molecular weight excluding hydrogens is 182 g/mol. The highest BCUT2D eigenvalue weighted by Crippen LogP contribution is 2.22. The molecule has 14 heavy (non-hydrogen) atoms. The molecule has 1 unspecified atom stereocenters. The van der Waals surface area contributed by atoms with Crippen LogP contribution in [0.4, 0.5) is 0 Å². The largest absolute Gasteiger partial charge is 0.480 e. The number of aliphatic carboxylic acids is 1. The summed E-state index contributed by atoms with van der Waals surface area (Å²) in [6, 6.07) is -0.933. The highest BCUT2D eigenvalue weighted by Gasteiger charge is 2.23. The third-order valence-corrected chi connectivity index (χ3v) is 2.62. The van der Waals surface area contributed by atoms with Crippen LogP contribution in [0.1, 0.15) is 30.1 Å². The average Bonchev–Trinajstić information content (AvgIpc) is 2.60. The molecule has 0 saturated carbocycles. The van der Waals surface area contributed by atoms with Gasteiger partial charge in [-0.05, 0) is 19.3 Å². The van der Waals surface area contributed by atoms with Crippen molar-refractivity contribution in [2.75, 3.05) is 0 Å². The number of hydrogen-bond donors (Lipinski definition) is 2. The van der Waals surface area contributed by atoms with Crippen LogP contribution in [0, 0.1) is 0 Å². The standard InChI is InChI=1S/C9H13N3O2/c10-8(9(13)14)6-5-11-12-4-2-1-3-7(6)12/h5,8H,1-4,10H2,(H,13,14). The van der Waals surface area contributed by atoms with E-state index in [4.69, 9.17) is 10.8 Å². The molecule has 3 N–H and O–H groups in total. The third kappa shape index (κ3) is 1.39. The Morgan fingerprint density at radius 1 is 1.64 bits per heavy atom. The Kier molecular flexibility index (Phi) is 2.25. The predicted molar refractivity (Wildman–Crippen MR) is 49.7 cm³/mol. The van der Waals surface area contributed by atoms with Crippen LogP contribution in [-0.4, -0.2) is 20.9 Å². The molecule has 2 heterocycles. The van der Waals surface area contributed by atoms with Gasteiger partial charge in [-0.2, -0.15) is 5.10 Å². The first-order chi connectivity index (χ1) is 6.70. The quantitative estimate of drug-likeness (QED) is 0.711. The second-order valence-corrected chi connectivity index (χ2v) is 3.54. The lowest BCUT2D eigenvalue weighted by molar-refractivity contribution is -0.138. The number of nitrogens with zero attached hydrogens (tertiary/aromatic N) is 2. The second kappa shape index (κ2) is 3.42. The number of aromatic nitrogens is 2. The van der Waals surface area contributed by atoms with Crippen molar-refractivity contribution < 1.29 is 9.90 Å². The fourth-order valence-corrected chi connectivity index (χ4v) is 1.84. The van der Waals surface area contributed by atoms with Crippen molar-refractivity contribution in [2.24, 2.45) is 5.73 Å². The lowest BCUT2D eigenvalue weighted by Gasteiger charge is -2.15. The molecule has 5 heteroatoms. The Balaban J connectivity index is 2.34. The van der Waals surface area contributed by atoms with Gasteiger partial charge in [-0.25, -0.2) is 0 Å². The van der Waals surface area contributed by atoms with Crippen LogP contribution >= 0.6 is 0 Å². The minimum Gasteiger partial charge on any atom is -0.480 e. The molecule has 1 aliphatic rings. The highest BCUT2D eigenvalue weighted by atomic mass is 16.4. The number of hydrogen-bond acceptors (Lipinski definition) is 3. The zero-order valence-corrected chi connectivity index (χ0v) is 7.81. The van der Waals surface area contributed by atoms with Gasteiger partial charge in [-0.3, -0.25) is 9.48 Å². The van der Waals surface area contributed by atoms with Gasteiger partial charge in [0.25, 0.3) is 0 Å². The molecule has 0 radical (unpaired) electrons. The van der Waals surface area contributed by atoms with Crippen molar-refractivity contribution in [3.8, 4) is 0 Å². The SMILES string of the molecule is NC(C(=O)O)c1cnn2c1CCCC2. The molecular formula is C9H13N3O2. The maximum Gasteiger partial charge on any atom is 0.325 e. The summed E-state index contributed by atoms with van der Waals surface area (Å²) in [5.74, 6) is -0.994. The van der Waals surface area contributed by atoms with Crippen molar-refractivity contribution in [3.05, 3.63) is 17.5 Å². The normalized spacial score (nSPS) is 17.5. The third-order valence-electron chi connectivity index (χ3n) is 2.62. The first-order valence-corrected chi connectivity index (χ1v) is 4.73. The Hall–Kier alpha value is -1.36. The number of fused-ring (bicyclic) bond motifs is 1. The molecule has 0 spiro atoms. The van der Waals surface area contributed by atoms with Crippen LogP contribution in [0.3, 0.4) is 0 Å². The summed E-state index contributed by atoms with van der Waals surface area (Å²) in [4.78, 5) is 10.7. The Morgan fingerprint density at radius 3 is 3.14 bits per heavy atom. The summed E-state index contributed by atoms with van der Waals surface area (Å²) >= 11 is 0. The Labute approximate surface area is 81.5 Å². The van der Waals surface area contributed by atoms with Crippen LogP contribution < -0.4 is 5.73 Å². The van der Waals surface area contributed by atoms with E-state index in [1.54, 1.807) is 6.20 Å². The van der Waals surface area contributed by atoms with E-state index in [9.17, 15) is 4.79 Å². The lowest BCUT2D eigenvalue weighted by atomic mass is 10.0. The summed E-state index contributed by atoms with van der Waals surface area (Å²) in [6.45, 7) is 0.877. The van der Waals surface area contributed by atoms with Gasteiger partial charge in [-0.1, -0.05) is 0 Å². The number of carboxylic acid groups (broad SMARTS) is 1. The topological polar surface area (TPSA) is 81.1 Å². The molecule has 0 bridgehead atoms. The number of aryl methyl sites for hydroxylation is 1. The van der Waals surface area contributed by atoms with Gasteiger partial charge in [0, 0.05) is 17.8 Å². The summed E-state index contributed by atoms with van der Waals surface area (Å²) in [5.41, 5.74) is 7.21. The van der Waals surface area contributed by atoms with E-state index in [0.717, 1.165) is 31.5 Å². The van der Waals surface area contributed by atoms with E-state index in [-0.39, 0.29) is 0 Å². The summed E-state index contributed by atoms with van der Waals surface area (Å²) in [7, 11) is 0. The number of rotatable bonds is 2. The molecule has 1 aromatic heterocycles. The van der Waals surface area contributed by atoms with Gasteiger partial charge < -0.3 is 10.8 Å². The van der Waals surface area contributed by atoms with Gasteiger partial charge in [-0.15, -0.1) is 0 Å². The van der Waals surface area contributed by atoms with Crippen molar-refractivity contribution in [2.45, 2.75) is 31.8 Å². The zero-order valence-electron chi connectivity index (χ0n) is 7.81. The minimum absolute atomic E-state index is 0.664. The molecule has 0 aromatic carbocycles. The maximum absolute atomic E-state index is 10.7. The van der Waals surface area contributed by atoms with E-state index in [0.29, 0.717) is 5.56 Å². The number of nitrogens with two attached hydrogens (primary N) is 1. The number of carboxylic acids is 1. The van der Waals surface area contributed by atoms with E-state index in [2.05, 4.69) is 5.10 Å². The first kappa shape index (κ1) is 9.21. The molecule has 1 aromatic rings. The molecule has 1 aliphatic heterocycles. The number of carbonyl (C=O) groups is 1. The molecule has 0 saturated heterocycles. The summed E-state index contributed by atoms with van der Waals surface area (Å²) in [6.07, 6.45) is 4.66. The van der Waals surface area contributed by atoms with Crippen LogP contribution in [0.2, 0.25) is 0 Å². The van der Waals surface area contributed by atoms with Gasteiger partial charge in [0.05, 0.1) is 6.20 Å². The molecule has 76 valence electrons. The maximum atomic E-state index is 10.7. The van der Waals surface area contributed by atoms with E-state index < -0.39 is 12.0 Å². The van der Waals surface area contributed by atoms with Crippen molar-refractivity contribution in [1.82, 2.24) is 9.78 Å². The van der Waals surface area contributed by atoms with E-state index in [1.165, 1.54) is 0 Å². The second-order valence-electron chi connectivity index (χ2n) is 3.54. The fraction of sp³-hybridized carbons (Fsp3) is 0.556. The van der Waals surface area contributed by atoms with Crippen molar-refractivity contribution in [1.29, 1.82) is 0 Å². The van der Waals surface area contributed by atoms with Gasteiger partial charge in [0.2, 0.25) is 0 Å². The first-order valence-electron chi connectivity index (χ1n) is 4.73. The Morgan fingerprint density at radius 2 is 2.43 bits per heavy atom. The lowest BCUT2D eigenvalue weighted by Crippen LogP contribution is -2.23. The molecule has 0 amide bonds. The van der Waals surface area contributed by atoms with Crippen molar-refractivity contribution >= 4 is 5.97 Å². The van der Waals surface area contributed by atoms with Crippen LogP contribution in [0.25, 0.3) is 0 Å². The van der Waals surface area contributed by atoms with Crippen LogP contribution in [0.15, 0.2) is 6.20 Å². The van der Waals surface area contributed by atoms with Gasteiger partial charge in [0.1, 0.15) is 6.04 Å². The molecule has 1 atom stereocenters. The van der Waals surface area contributed by atoms with Gasteiger partial charge in [0.15, 0.2) is 0 Å². The monoisotopic (exact) mass is 195 g/mol. The zero-order chi connectivity index (χ0) is 10.1. The smallest absolute Gasteiger partial charge is 0.325 e. The molecule has 0 fully saturated rings. The molecule has 2 rings (SSSR count). The highest BCUT2D eigenvalue weighted by molar-refractivity contribution is 5.75. The summed E-state index contributed by atoms with van der Waals surface area (Å²) < 4.78 is 1.86. The van der Waals surface area contributed by atoms with Crippen LogP contribution in [-0.2, 0) is 17.8 Å². The molecule has 0 aliphatic carbocycles. The summed E-state index contributed by atoms with van der Waals surface area (Å²) in [5, 5.41) is 12.9. The molecule has 5 nitrogen and oxygen atoms in total. The van der Waals surface area contributed by atoms with E-state index in [1.807, 2.05) is 4.68 Å².